The first kappa shape index (κ1) is 47.3. The molecule has 4 aliphatic rings. The van der Waals surface area contributed by atoms with E-state index in [0.29, 0.717) is 50.9 Å². The van der Waals surface area contributed by atoms with Gasteiger partial charge in [-0.05, 0) is 89.9 Å². The van der Waals surface area contributed by atoms with Gasteiger partial charge < -0.3 is 44.0 Å². The van der Waals surface area contributed by atoms with Gasteiger partial charge in [-0.25, -0.2) is 19.6 Å². The second kappa shape index (κ2) is 20.0. The number of rotatable bonds is 15. The average molecular weight is 939 g/mol. The van der Waals surface area contributed by atoms with Crippen molar-refractivity contribution in [2.24, 2.45) is 28.7 Å². The minimum Gasteiger partial charge on any atom is -0.488 e. The van der Waals surface area contributed by atoms with Crippen LogP contribution in [-0.4, -0.2) is 106 Å². The third kappa shape index (κ3) is 9.38. The van der Waals surface area contributed by atoms with Crippen LogP contribution in [0.1, 0.15) is 96.0 Å². The Labute approximate surface area is 401 Å². The summed E-state index contributed by atoms with van der Waals surface area (Å²) in [7, 11) is 2.57. The molecule has 16 heteroatoms. The highest BCUT2D eigenvalue weighted by atomic mass is 16.5. The molecule has 0 spiro atoms. The predicted molar refractivity (Wildman–Crippen MR) is 262 cm³/mol. The Morgan fingerprint density at radius 1 is 0.957 bits per heavy atom. The zero-order valence-electron chi connectivity index (χ0n) is 40.4. The number of carbonyl (C=O) groups is 4. The summed E-state index contributed by atoms with van der Waals surface area (Å²) in [4.78, 5) is 77.8. The topological polar surface area (TPSA) is 193 Å². The highest BCUT2D eigenvalue weighted by molar-refractivity contribution is 6.07. The zero-order valence-corrected chi connectivity index (χ0v) is 40.4. The van der Waals surface area contributed by atoms with Crippen molar-refractivity contribution in [3.63, 3.8) is 0 Å². The van der Waals surface area contributed by atoms with Gasteiger partial charge in [0.05, 0.1) is 68.4 Å². The molecule has 1 unspecified atom stereocenters. The lowest BCUT2D eigenvalue weighted by Crippen LogP contribution is -2.53. The molecule has 0 bridgehead atoms. The number of aliphatic imine (C=N–C) groups is 1. The smallest absolute Gasteiger partial charge is 0.432 e. The number of likely N-dealkylation sites (tertiary alicyclic amines) is 2. The summed E-state index contributed by atoms with van der Waals surface area (Å²) < 4.78 is 22.2. The normalized spacial score (nSPS) is 21.3. The molecule has 0 saturated carbocycles. The zero-order chi connectivity index (χ0) is 48.5. The summed E-state index contributed by atoms with van der Waals surface area (Å²) in [5, 5.41) is 4.72. The molecular formula is C53H62N8O8. The molecule has 69 heavy (non-hydrogen) atoms. The maximum Gasteiger partial charge on any atom is 0.432 e. The second-order valence-corrected chi connectivity index (χ2v) is 19.1. The lowest BCUT2D eigenvalue weighted by molar-refractivity contribution is -0.137. The molecule has 0 radical (unpaired) electrons. The minimum atomic E-state index is -0.742. The fourth-order valence-electron chi connectivity index (χ4n) is 10.2. The number of nitrogens with zero attached hydrogens (tertiary/aromatic N) is 5. The van der Waals surface area contributed by atoms with Crippen LogP contribution >= 0.6 is 0 Å². The summed E-state index contributed by atoms with van der Waals surface area (Å²) in [6, 6.07) is 13.3. The number of amides is 4. The van der Waals surface area contributed by atoms with E-state index in [4.69, 9.17) is 28.9 Å². The number of ether oxygens (including phenoxy) is 4. The summed E-state index contributed by atoms with van der Waals surface area (Å²) in [6.45, 7) is 11.9. The third-order valence-corrected chi connectivity index (χ3v) is 14.7. The van der Waals surface area contributed by atoms with Crippen LogP contribution in [0.5, 0.6) is 5.75 Å². The summed E-state index contributed by atoms with van der Waals surface area (Å²) in [6.07, 6.45) is 11.6. The SMILES string of the molecule is CC[C@H](C)C(/C=N/C(=O)OC)C(=O)N1C[C@@H](COCC2=CC=C2)C[C@H]1c1nc2c(ccc3cc4c(cc32)OCc2cc(-c3cnc([C@@H]5CC[C@H](C)N5C(=O)[C@@H](NC(=O)OC)[C@@H](C)CC)[nH]3)ccc2-4)[nH]1. The van der Waals surface area contributed by atoms with Crippen molar-refractivity contribution >= 4 is 52.0 Å². The molecule has 2 fully saturated rings. The minimum absolute atomic E-state index is 0.0240. The van der Waals surface area contributed by atoms with Gasteiger partial charge in [-0.3, -0.25) is 9.59 Å². The summed E-state index contributed by atoms with van der Waals surface area (Å²) >= 11 is 0. The summed E-state index contributed by atoms with van der Waals surface area (Å²) in [5.74, 6) is 1.21. The molecule has 9 rings (SSSR count). The van der Waals surface area contributed by atoms with Crippen LogP contribution in [0.3, 0.4) is 0 Å². The Morgan fingerprint density at radius 2 is 1.77 bits per heavy atom. The predicted octanol–water partition coefficient (Wildman–Crippen LogP) is 9.39. The quantitative estimate of drug-likeness (QED) is 0.0852. The first-order chi connectivity index (χ1) is 33.4. The number of imidazole rings is 2. The standard InChI is InChI=1S/C53H62N8O8/c1-8-29(3)40(23-55-52(64)66-6)50(62)60-25-33(27-68-26-32-11-10-12-32)19-44(60)49-56-41-17-15-34-21-39-37-16-14-35(20-36(37)28-69-45(39)22-38(34)47(41)58-49)42-24-54-48(57-42)43-18-13-31(5)61(43)51(63)46(30(4)9-2)59-53(65)67-7/h10-12,14-17,20-24,29-31,33,40,43-44,46H,8-9,13,18-19,25-28H2,1-7H3,(H,54,57)(H,56,58)(H,59,65)/b55-23+/t29-,30-,31-,33-,40?,43-,44-,46-/m0/s1. The molecular weight excluding hydrogens is 877 g/mol. The number of benzene rings is 3. The van der Waals surface area contributed by atoms with Crippen molar-refractivity contribution < 1.29 is 38.1 Å². The van der Waals surface area contributed by atoms with E-state index in [1.54, 1.807) is 0 Å². The van der Waals surface area contributed by atoms with Crippen LogP contribution < -0.4 is 10.1 Å². The van der Waals surface area contributed by atoms with Gasteiger partial charge in [0, 0.05) is 35.7 Å². The van der Waals surface area contributed by atoms with Crippen LogP contribution in [0.4, 0.5) is 9.59 Å². The van der Waals surface area contributed by atoms with Crippen LogP contribution in [0.15, 0.2) is 77.5 Å². The van der Waals surface area contributed by atoms with Crippen molar-refractivity contribution in [3.8, 4) is 28.1 Å². The van der Waals surface area contributed by atoms with E-state index in [0.717, 1.165) is 80.3 Å². The van der Waals surface area contributed by atoms with Gasteiger partial charge in [-0.2, -0.15) is 4.99 Å². The Morgan fingerprint density at radius 3 is 2.51 bits per heavy atom. The van der Waals surface area contributed by atoms with Gasteiger partial charge in [-0.1, -0.05) is 77.0 Å². The van der Waals surface area contributed by atoms with Crippen LogP contribution in [0, 0.1) is 23.7 Å². The van der Waals surface area contributed by atoms with E-state index >= 15 is 0 Å². The second-order valence-electron chi connectivity index (χ2n) is 19.1. The molecule has 1 aliphatic carbocycles. The molecule has 5 heterocycles. The van der Waals surface area contributed by atoms with Gasteiger partial charge in [0.15, 0.2) is 0 Å². The lowest BCUT2D eigenvalue weighted by atomic mass is 9.91. The van der Waals surface area contributed by atoms with E-state index in [9.17, 15) is 19.2 Å². The number of methoxy groups -OCH3 is 2. The first-order valence-corrected chi connectivity index (χ1v) is 24.2. The molecule has 3 N–H and O–H groups in total. The van der Waals surface area contributed by atoms with E-state index in [1.165, 1.54) is 20.4 Å². The first-order valence-electron chi connectivity index (χ1n) is 24.2. The van der Waals surface area contributed by atoms with Gasteiger partial charge >= 0.3 is 12.2 Å². The van der Waals surface area contributed by atoms with Gasteiger partial charge in [0.2, 0.25) is 11.8 Å². The number of H-pyrrole nitrogens is 2. The summed E-state index contributed by atoms with van der Waals surface area (Å²) in [5.41, 5.74) is 7.66. The molecule has 5 aromatic rings. The molecule has 3 aliphatic heterocycles. The van der Waals surface area contributed by atoms with Crippen LogP contribution in [-0.2, 0) is 30.4 Å². The molecule has 4 amide bonds. The number of fused-ring (bicyclic) bond motifs is 6. The molecule has 362 valence electrons. The van der Waals surface area contributed by atoms with Crippen molar-refractivity contribution in [2.45, 2.75) is 97.5 Å². The lowest BCUT2D eigenvalue weighted by Gasteiger charge is -2.33. The highest BCUT2D eigenvalue weighted by Crippen LogP contribution is 2.44. The average Bonchev–Trinajstić information content (AvgIpc) is 4.18. The molecule has 2 aromatic heterocycles. The fourth-order valence-corrected chi connectivity index (χ4v) is 10.2. The number of nitrogens with one attached hydrogen (secondary N) is 3. The number of aromatic amines is 2. The number of hydrogen-bond acceptors (Lipinski definition) is 10. The van der Waals surface area contributed by atoms with E-state index < -0.39 is 24.1 Å². The highest BCUT2D eigenvalue weighted by Gasteiger charge is 2.43. The Bertz CT molecular complexity index is 2860. The molecule has 3 aromatic carbocycles. The van der Waals surface area contributed by atoms with Crippen LogP contribution in [0.2, 0.25) is 0 Å². The Hall–Kier alpha value is -6.81. The number of alkyl carbamates (subject to hydrolysis) is 1. The fraction of sp³-hybridized carbons (Fsp3) is 0.453. The maximum absolute atomic E-state index is 14.5. The number of carbonyl (C=O) groups excluding carboxylic acids is 4. The molecule has 16 nitrogen and oxygen atoms in total. The Kier molecular flexibility index (Phi) is 13.7. The van der Waals surface area contributed by atoms with Gasteiger partial charge in [-0.15, -0.1) is 0 Å². The Balaban J connectivity index is 0.971. The largest absolute Gasteiger partial charge is 0.488 e. The van der Waals surface area contributed by atoms with Crippen LogP contribution in [0.25, 0.3) is 44.2 Å². The number of allylic oxidation sites excluding steroid dienone is 2. The third-order valence-electron chi connectivity index (χ3n) is 14.7. The van der Waals surface area contributed by atoms with Gasteiger partial charge in [0.1, 0.15) is 30.0 Å². The van der Waals surface area contributed by atoms with E-state index in [-0.39, 0.29) is 47.7 Å². The van der Waals surface area contributed by atoms with E-state index in [2.05, 4.69) is 56.7 Å². The monoisotopic (exact) mass is 938 g/mol. The van der Waals surface area contributed by atoms with Crippen molar-refractivity contribution in [2.75, 3.05) is 34.0 Å². The number of aromatic nitrogens is 4. The molecule has 8 atom stereocenters. The van der Waals surface area contributed by atoms with Crippen molar-refractivity contribution in [1.29, 1.82) is 0 Å². The van der Waals surface area contributed by atoms with Crippen molar-refractivity contribution in [1.82, 2.24) is 35.1 Å². The maximum atomic E-state index is 14.5. The van der Waals surface area contributed by atoms with Gasteiger partial charge in [0.25, 0.3) is 0 Å². The molecule has 2 saturated heterocycles. The number of hydrogen-bond donors (Lipinski definition) is 3. The van der Waals surface area contributed by atoms with Crippen molar-refractivity contribution in [3.05, 3.63) is 89.7 Å². The van der Waals surface area contributed by atoms with E-state index in [1.807, 2.05) is 74.9 Å².